The number of nitrogens with zero attached hydrogens (tertiary/aromatic N) is 1. The van der Waals surface area contributed by atoms with Gasteiger partial charge in [0.05, 0.1) is 24.3 Å². The van der Waals surface area contributed by atoms with Gasteiger partial charge in [0, 0.05) is 11.4 Å². The summed E-state index contributed by atoms with van der Waals surface area (Å²) in [7, 11) is 2.43. The number of methoxy groups -OCH3 is 2. The fraction of sp³-hybridized carbons (Fsp3) is 0.357. The minimum atomic E-state index is -0.943. The first-order valence-corrected chi connectivity index (χ1v) is 8.51. The van der Waals surface area contributed by atoms with Crippen molar-refractivity contribution in [2.45, 2.75) is 11.4 Å². The average molecular weight is 393 g/mol. The van der Waals surface area contributed by atoms with Crippen molar-refractivity contribution in [1.82, 2.24) is 4.90 Å². The summed E-state index contributed by atoms with van der Waals surface area (Å²) in [6.07, 6.45) is 0. The number of carbonyl (C=O) groups excluding carboxylic acids is 3. The quantitative estimate of drug-likeness (QED) is 0.795. The van der Waals surface area contributed by atoms with Gasteiger partial charge in [0.2, 0.25) is 0 Å². The molecule has 2 amide bonds. The van der Waals surface area contributed by atoms with Crippen LogP contribution in [0.2, 0.25) is 10.0 Å². The van der Waals surface area contributed by atoms with Crippen molar-refractivity contribution >= 4 is 58.6 Å². The van der Waals surface area contributed by atoms with E-state index in [1.54, 1.807) is 6.07 Å². The molecule has 1 aliphatic rings. The Bertz CT molecular complexity index is 649. The molecule has 0 aromatic heterocycles. The van der Waals surface area contributed by atoms with E-state index < -0.39 is 29.4 Å². The Balaban J connectivity index is 2.24. The number of hydrogen-bond acceptors (Lipinski definition) is 6. The van der Waals surface area contributed by atoms with Gasteiger partial charge in [-0.3, -0.25) is 4.90 Å². The largest absolute Gasteiger partial charge is 0.467 e. The molecule has 1 aromatic rings. The summed E-state index contributed by atoms with van der Waals surface area (Å²) in [4.78, 5) is 37.5. The monoisotopic (exact) mass is 392 g/mol. The molecule has 1 saturated heterocycles. The second kappa shape index (κ2) is 7.96. The Hall–Kier alpha value is -1.64. The highest BCUT2D eigenvalue weighted by molar-refractivity contribution is 8.00. The predicted molar refractivity (Wildman–Crippen MR) is 91.4 cm³/mol. The molecule has 24 heavy (non-hydrogen) atoms. The highest BCUT2D eigenvalue weighted by Gasteiger charge is 2.46. The number of halogens is 2. The number of thioether (sulfide) groups is 1. The molecule has 1 fully saturated rings. The smallest absolute Gasteiger partial charge is 0.339 e. The summed E-state index contributed by atoms with van der Waals surface area (Å²) in [5.74, 6) is -1.02. The lowest BCUT2D eigenvalue weighted by Gasteiger charge is -2.26. The first kappa shape index (κ1) is 18.7. The summed E-state index contributed by atoms with van der Waals surface area (Å²) in [5.41, 5.74) is 0.374. The van der Waals surface area contributed by atoms with E-state index in [-0.39, 0.29) is 10.8 Å². The average Bonchev–Trinajstić information content (AvgIpc) is 3.01. The second-order valence-corrected chi connectivity index (χ2v) is 6.64. The Morgan fingerprint density at radius 2 is 1.83 bits per heavy atom. The van der Waals surface area contributed by atoms with Gasteiger partial charge in [0.1, 0.15) is 6.04 Å². The minimum Gasteiger partial charge on any atom is -0.467 e. The molecule has 0 radical (unpaired) electrons. The van der Waals surface area contributed by atoms with Gasteiger partial charge in [-0.15, -0.1) is 11.8 Å². The zero-order valence-corrected chi connectivity index (χ0v) is 15.1. The number of amides is 2. The molecule has 2 atom stereocenters. The molecule has 10 heteroatoms. The number of anilines is 1. The maximum atomic E-state index is 12.6. The summed E-state index contributed by atoms with van der Waals surface area (Å²) in [6.45, 7) is 0. The molecule has 1 N–H and O–H groups in total. The third kappa shape index (κ3) is 3.88. The van der Waals surface area contributed by atoms with Crippen molar-refractivity contribution in [2.24, 2.45) is 0 Å². The van der Waals surface area contributed by atoms with Crippen LogP contribution in [0.3, 0.4) is 0 Å². The topological polar surface area (TPSA) is 84.9 Å². The zero-order valence-electron chi connectivity index (χ0n) is 12.7. The molecule has 2 rings (SSSR count). The fourth-order valence-electron chi connectivity index (χ4n) is 2.12. The first-order chi connectivity index (χ1) is 11.4. The SMILES string of the molecule is COC(=O)[C@H]1CS[C@H](C(=O)OC)N1C(=O)Nc1ccc(Cl)c(Cl)c1. The van der Waals surface area contributed by atoms with E-state index in [9.17, 15) is 14.4 Å². The highest BCUT2D eigenvalue weighted by Crippen LogP contribution is 2.32. The van der Waals surface area contributed by atoms with Gasteiger partial charge >= 0.3 is 18.0 Å². The van der Waals surface area contributed by atoms with Crippen LogP contribution in [0.1, 0.15) is 0 Å². The van der Waals surface area contributed by atoms with Crippen LogP contribution in [0.25, 0.3) is 0 Å². The third-order valence-electron chi connectivity index (χ3n) is 3.28. The number of ether oxygens (including phenoxy) is 2. The Labute approximate surface area is 152 Å². The number of urea groups is 1. The van der Waals surface area contributed by atoms with Gasteiger partial charge in [-0.1, -0.05) is 23.2 Å². The first-order valence-electron chi connectivity index (χ1n) is 6.70. The van der Waals surface area contributed by atoms with Crippen LogP contribution in [0.4, 0.5) is 10.5 Å². The van der Waals surface area contributed by atoms with Crippen LogP contribution in [0, 0.1) is 0 Å². The van der Waals surface area contributed by atoms with Crippen LogP contribution in [0.15, 0.2) is 18.2 Å². The normalized spacial score (nSPS) is 19.8. The molecule has 1 aliphatic heterocycles. The number of nitrogens with one attached hydrogen (secondary N) is 1. The molecule has 7 nitrogen and oxygen atoms in total. The van der Waals surface area contributed by atoms with E-state index in [2.05, 4.69) is 10.1 Å². The summed E-state index contributed by atoms with van der Waals surface area (Å²) in [6, 6.07) is 2.99. The van der Waals surface area contributed by atoms with Crippen LogP contribution < -0.4 is 5.32 Å². The molecule has 0 aliphatic carbocycles. The Kier molecular flexibility index (Phi) is 6.20. The van der Waals surface area contributed by atoms with Crippen molar-refractivity contribution in [3.63, 3.8) is 0 Å². The minimum absolute atomic E-state index is 0.223. The van der Waals surface area contributed by atoms with Crippen molar-refractivity contribution in [3.8, 4) is 0 Å². The van der Waals surface area contributed by atoms with E-state index in [1.807, 2.05) is 0 Å². The highest BCUT2D eigenvalue weighted by atomic mass is 35.5. The molecular weight excluding hydrogens is 379 g/mol. The van der Waals surface area contributed by atoms with E-state index in [1.165, 1.54) is 26.4 Å². The predicted octanol–water partition coefficient (Wildman–Crippen LogP) is 2.61. The van der Waals surface area contributed by atoms with Crippen molar-refractivity contribution in [3.05, 3.63) is 28.2 Å². The van der Waals surface area contributed by atoms with Gasteiger partial charge in [0.15, 0.2) is 5.37 Å². The lowest BCUT2D eigenvalue weighted by molar-refractivity contribution is -0.147. The Morgan fingerprint density at radius 1 is 1.17 bits per heavy atom. The molecule has 0 saturated carbocycles. The van der Waals surface area contributed by atoms with E-state index >= 15 is 0 Å². The van der Waals surface area contributed by atoms with Crippen LogP contribution >= 0.6 is 35.0 Å². The van der Waals surface area contributed by atoms with Gasteiger partial charge in [-0.2, -0.15) is 0 Å². The van der Waals surface area contributed by atoms with E-state index in [0.29, 0.717) is 10.7 Å². The van der Waals surface area contributed by atoms with Gasteiger partial charge in [-0.25, -0.2) is 14.4 Å². The molecular formula is C14H14Cl2N2O5S. The Morgan fingerprint density at radius 3 is 2.42 bits per heavy atom. The number of benzene rings is 1. The standard InChI is InChI=1S/C14H14Cl2N2O5S/c1-22-12(19)10-6-24-11(13(20)23-2)18(10)14(21)17-7-3-4-8(15)9(16)5-7/h3-5,10-11H,6H2,1-2H3,(H,17,21)/t10-,11-/m1/s1. The molecule has 0 bridgehead atoms. The third-order valence-corrected chi connectivity index (χ3v) is 5.26. The van der Waals surface area contributed by atoms with Crippen LogP contribution in [0.5, 0.6) is 0 Å². The summed E-state index contributed by atoms with van der Waals surface area (Å²) < 4.78 is 9.39. The molecule has 130 valence electrons. The lowest BCUT2D eigenvalue weighted by atomic mass is 10.3. The molecule has 0 spiro atoms. The van der Waals surface area contributed by atoms with Gasteiger partial charge in [-0.05, 0) is 18.2 Å². The van der Waals surface area contributed by atoms with Gasteiger partial charge in [0.25, 0.3) is 0 Å². The summed E-state index contributed by atoms with van der Waals surface area (Å²) in [5, 5.41) is 2.24. The van der Waals surface area contributed by atoms with Crippen LogP contribution in [-0.2, 0) is 19.1 Å². The van der Waals surface area contributed by atoms with Crippen molar-refractivity contribution in [1.29, 1.82) is 0 Å². The molecule has 1 heterocycles. The van der Waals surface area contributed by atoms with Crippen molar-refractivity contribution in [2.75, 3.05) is 25.3 Å². The fourth-order valence-corrected chi connectivity index (χ4v) is 3.71. The van der Waals surface area contributed by atoms with Crippen molar-refractivity contribution < 1.29 is 23.9 Å². The second-order valence-electron chi connectivity index (χ2n) is 4.71. The molecule has 1 aromatic carbocycles. The number of carbonyl (C=O) groups is 3. The van der Waals surface area contributed by atoms with Crippen LogP contribution in [-0.4, -0.2) is 54.3 Å². The van der Waals surface area contributed by atoms with E-state index in [0.717, 1.165) is 16.7 Å². The number of esters is 2. The zero-order chi connectivity index (χ0) is 17.9. The summed E-state index contributed by atoms with van der Waals surface area (Å²) >= 11 is 12.9. The number of hydrogen-bond donors (Lipinski definition) is 1. The lowest BCUT2D eigenvalue weighted by Crippen LogP contribution is -2.50. The number of rotatable bonds is 3. The maximum Gasteiger partial charge on any atom is 0.339 e. The van der Waals surface area contributed by atoms with Gasteiger partial charge < -0.3 is 14.8 Å². The molecule has 0 unspecified atom stereocenters. The van der Waals surface area contributed by atoms with E-state index in [4.69, 9.17) is 27.9 Å². The maximum absolute atomic E-state index is 12.6.